The molecule has 0 radical (unpaired) electrons. The van der Waals surface area contributed by atoms with Gasteiger partial charge in [0.1, 0.15) is 0 Å². The largest absolute Gasteiger partial charge is 0.396 e. The van der Waals surface area contributed by atoms with E-state index in [9.17, 15) is 0 Å². The van der Waals surface area contributed by atoms with Crippen molar-refractivity contribution in [2.75, 3.05) is 33.8 Å². The molecule has 0 unspecified atom stereocenters. The third-order valence-corrected chi connectivity index (χ3v) is 2.44. The molecule has 1 heterocycles. The third-order valence-electron chi connectivity index (χ3n) is 2.44. The summed E-state index contributed by atoms with van der Waals surface area (Å²) in [6.07, 6.45) is 2.56. The molecule has 3 nitrogen and oxygen atoms in total. The number of rotatable bonds is 3. The zero-order chi connectivity index (χ0) is 8.27. The second-order valence-corrected chi connectivity index (χ2v) is 3.31. The summed E-state index contributed by atoms with van der Waals surface area (Å²) in [4.78, 5) is 4.69. The van der Waals surface area contributed by atoms with Gasteiger partial charge in [-0.25, -0.2) is 0 Å². The van der Waals surface area contributed by atoms with E-state index in [4.69, 9.17) is 5.11 Å². The summed E-state index contributed by atoms with van der Waals surface area (Å²) in [7, 11) is 4.29. The van der Waals surface area contributed by atoms with Gasteiger partial charge >= 0.3 is 0 Å². The smallest absolute Gasteiger partial charge is 0.0619 e. The summed E-state index contributed by atoms with van der Waals surface area (Å²) in [5.41, 5.74) is 0. The Morgan fingerprint density at radius 2 is 1.82 bits per heavy atom. The van der Waals surface area contributed by atoms with Gasteiger partial charge in [0.05, 0.1) is 6.17 Å². The normalized spacial score (nSPS) is 23.2. The van der Waals surface area contributed by atoms with Crippen molar-refractivity contribution < 1.29 is 5.11 Å². The van der Waals surface area contributed by atoms with Crippen LogP contribution in [0.25, 0.3) is 0 Å². The predicted molar refractivity (Wildman–Crippen MR) is 45.4 cm³/mol. The first kappa shape index (κ1) is 8.97. The van der Waals surface area contributed by atoms with Gasteiger partial charge in [0.25, 0.3) is 0 Å². The fourth-order valence-electron chi connectivity index (χ4n) is 1.66. The number of nitrogens with zero attached hydrogens (tertiary/aromatic N) is 2. The minimum atomic E-state index is 0.318. The van der Waals surface area contributed by atoms with Crippen LogP contribution in [0.2, 0.25) is 0 Å². The van der Waals surface area contributed by atoms with Crippen LogP contribution < -0.4 is 0 Å². The van der Waals surface area contributed by atoms with Crippen molar-refractivity contribution in [1.29, 1.82) is 0 Å². The average molecular weight is 158 g/mol. The molecule has 0 aromatic heterocycles. The Morgan fingerprint density at radius 3 is 2.27 bits per heavy atom. The average Bonchev–Trinajstić information content (AvgIpc) is 2.29. The molecule has 1 rings (SSSR count). The summed E-state index contributed by atoms with van der Waals surface area (Å²) < 4.78 is 0. The van der Waals surface area contributed by atoms with Gasteiger partial charge < -0.3 is 5.11 Å². The van der Waals surface area contributed by atoms with Crippen LogP contribution in [0, 0.1) is 0 Å². The molecule has 3 heteroatoms. The lowest BCUT2D eigenvalue weighted by molar-refractivity contribution is 0.159. The zero-order valence-corrected chi connectivity index (χ0v) is 7.45. The van der Waals surface area contributed by atoms with Crippen LogP contribution in [0.3, 0.4) is 0 Å². The van der Waals surface area contributed by atoms with Crippen LogP contribution in [-0.4, -0.2) is 54.9 Å². The Labute approximate surface area is 68.6 Å². The fourth-order valence-corrected chi connectivity index (χ4v) is 1.66. The molecule has 0 aromatic rings. The standard InChI is InChI=1S/C8H18N2O/c1-9-5-6-10(2)8(9)4-3-7-11/h8,11H,3-7H2,1-2H3. The Morgan fingerprint density at radius 1 is 1.27 bits per heavy atom. The maximum atomic E-state index is 8.66. The van der Waals surface area contributed by atoms with E-state index in [0.717, 1.165) is 25.9 Å². The summed E-state index contributed by atoms with van der Waals surface area (Å²) in [6, 6.07) is 0. The summed E-state index contributed by atoms with van der Waals surface area (Å²) in [5.74, 6) is 0. The fraction of sp³-hybridized carbons (Fsp3) is 1.00. The Kier molecular flexibility index (Phi) is 3.30. The molecule has 1 saturated heterocycles. The molecule has 0 aliphatic carbocycles. The Bertz CT molecular complexity index is 109. The van der Waals surface area contributed by atoms with Crippen molar-refractivity contribution in [3.8, 4) is 0 Å². The van der Waals surface area contributed by atoms with Crippen molar-refractivity contribution in [1.82, 2.24) is 9.80 Å². The highest BCUT2D eigenvalue weighted by Crippen LogP contribution is 2.14. The molecule has 0 aromatic carbocycles. The van der Waals surface area contributed by atoms with E-state index in [1.165, 1.54) is 0 Å². The molecule has 0 bridgehead atoms. The number of aliphatic hydroxyl groups excluding tert-OH is 1. The summed E-state index contributed by atoms with van der Waals surface area (Å²) in [5, 5.41) is 8.66. The number of aliphatic hydroxyl groups is 1. The molecule has 0 spiro atoms. The van der Waals surface area contributed by atoms with Crippen LogP contribution >= 0.6 is 0 Å². The lowest BCUT2D eigenvalue weighted by Gasteiger charge is -2.24. The minimum Gasteiger partial charge on any atom is -0.396 e. The maximum absolute atomic E-state index is 8.66. The van der Waals surface area contributed by atoms with Crippen LogP contribution in [0.1, 0.15) is 12.8 Å². The molecule has 1 aliphatic rings. The molecular weight excluding hydrogens is 140 g/mol. The van der Waals surface area contributed by atoms with Gasteiger partial charge in [0, 0.05) is 19.7 Å². The number of likely N-dealkylation sites (N-methyl/N-ethyl adjacent to an activating group) is 2. The summed E-state index contributed by atoms with van der Waals surface area (Å²) in [6.45, 7) is 2.64. The quantitative estimate of drug-likeness (QED) is 0.624. The zero-order valence-electron chi connectivity index (χ0n) is 7.45. The number of hydrogen-bond acceptors (Lipinski definition) is 3. The topological polar surface area (TPSA) is 26.7 Å². The van der Waals surface area contributed by atoms with Gasteiger partial charge in [-0.1, -0.05) is 0 Å². The highest BCUT2D eigenvalue weighted by atomic mass is 16.2. The van der Waals surface area contributed by atoms with Gasteiger partial charge in [0.15, 0.2) is 0 Å². The van der Waals surface area contributed by atoms with Crippen LogP contribution in [0.4, 0.5) is 0 Å². The van der Waals surface area contributed by atoms with E-state index in [1.54, 1.807) is 0 Å². The highest BCUT2D eigenvalue weighted by molar-refractivity contribution is 4.76. The lowest BCUT2D eigenvalue weighted by atomic mass is 10.2. The monoisotopic (exact) mass is 158 g/mol. The van der Waals surface area contributed by atoms with Crippen LogP contribution in [-0.2, 0) is 0 Å². The second kappa shape index (κ2) is 4.04. The Hall–Kier alpha value is -0.120. The molecule has 1 N–H and O–H groups in total. The van der Waals surface area contributed by atoms with Crippen molar-refractivity contribution >= 4 is 0 Å². The molecule has 11 heavy (non-hydrogen) atoms. The van der Waals surface area contributed by atoms with E-state index in [1.807, 2.05) is 0 Å². The first-order valence-corrected chi connectivity index (χ1v) is 4.27. The van der Waals surface area contributed by atoms with Crippen molar-refractivity contribution in [2.45, 2.75) is 19.0 Å². The maximum Gasteiger partial charge on any atom is 0.0619 e. The summed E-state index contributed by atoms with van der Waals surface area (Å²) >= 11 is 0. The van der Waals surface area contributed by atoms with Crippen LogP contribution in [0.15, 0.2) is 0 Å². The molecule has 0 saturated carbocycles. The van der Waals surface area contributed by atoms with Gasteiger partial charge in [-0.3, -0.25) is 9.80 Å². The van der Waals surface area contributed by atoms with Crippen molar-refractivity contribution in [3.63, 3.8) is 0 Å². The predicted octanol–water partition coefficient (Wildman–Crippen LogP) is -0.0378. The molecular formula is C8H18N2O. The molecule has 1 fully saturated rings. The third kappa shape index (κ3) is 2.15. The molecule has 66 valence electrons. The van der Waals surface area contributed by atoms with Crippen LogP contribution in [0.5, 0.6) is 0 Å². The number of hydrogen-bond donors (Lipinski definition) is 1. The van der Waals surface area contributed by atoms with Crippen molar-refractivity contribution in [2.24, 2.45) is 0 Å². The van der Waals surface area contributed by atoms with Gasteiger partial charge in [-0.15, -0.1) is 0 Å². The first-order chi connectivity index (χ1) is 5.25. The lowest BCUT2D eigenvalue weighted by Crippen LogP contribution is -2.34. The van der Waals surface area contributed by atoms with E-state index in [2.05, 4.69) is 23.9 Å². The highest BCUT2D eigenvalue weighted by Gasteiger charge is 2.24. The van der Waals surface area contributed by atoms with Gasteiger partial charge in [-0.05, 0) is 26.9 Å². The molecule has 0 amide bonds. The van der Waals surface area contributed by atoms with E-state index in [0.29, 0.717) is 12.8 Å². The second-order valence-electron chi connectivity index (χ2n) is 3.31. The van der Waals surface area contributed by atoms with E-state index < -0.39 is 0 Å². The van der Waals surface area contributed by atoms with Crippen molar-refractivity contribution in [3.05, 3.63) is 0 Å². The van der Waals surface area contributed by atoms with E-state index in [-0.39, 0.29) is 0 Å². The molecule has 0 atom stereocenters. The van der Waals surface area contributed by atoms with Gasteiger partial charge in [0.2, 0.25) is 0 Å². The molecule has 1 aliphatic heterocycles. The first-order valence-electron chi connectivity index (χ1n) is 4.27. The van der Waals surface area contributed by atoms with E-state index >= 15 is 0 Å². The Balaban J connectivity index is 2.29. The van der Waals surface area contributed by atoms with Gasteiger partial charge in [-0.2, -0.15) is 0 Å². The minimum absolute atomic E-state index is 0.318. The SMILES string of the molecule is CN1CCN(C)C1CCCO.